The second-order valence-corrected chi connectivity index (χ2v) is 4.94. The number of hydrogen-bond acceptors (Lipinski definition) is 4. The van der Waals surface area contributed by atoms with E-state index in [1.165, 1.54) is 18.2 Å². The van der Waals surface area contributed by atoms with Crippen molar-refractivity contribution in [2.24, 2.45) is 4.99 Å². The van der Waals surface area contributed by atoms with Gasteiger partial charge in [0.05, 0.1) is 10.6 Å². The van der Waals surface area contributed by atoms with Crippen LogP contribution in [0.3, 0.4) is 0 Å². The first-order valence-corrected chi connectivity index (χ1v) is 5.73. The average molecular weight is 211 g/mol. The van der Waals surface area contributed by atoms with E-state index in [0.29, 0.717) is 5.69 Å². The van der Waals surface area contributed by atoms with Gasteiger partial charge in [0.2, 0.25) is 6.08 Å². The zero-order valence-corrected chi connectivity index (χ0v) is 8.63. The molecule has 0 spiro atoms. The van der Waals surface area contributed by atoms with Crippen LogP contribution in [0.2, 0.25) is 0 Å². The third-order valence-electron chi connectivity index (χ3n) is 1.77. The average Bonchev–Trinajstić information content (AvgIpc) is 2.07. The van der Waals surface area contributed by atoms with Crippen LogP contribution in [-0.4, -0.2) is 20.8 Å². The van der Waals surface area contributed by atoms with Gasteiger partial charge in [0, 0.05) is 6.26 Å². The molecule has 4 nitrogen and oxygen atoms in total. The van der Waals surface area contributed by atoms with Crippen LogP contribution >= 0.6 is 0 Å². The van der Waals surface area contributed by atoms with Gasteiger partial charge in [0.1, 0.15) is 0 Å². The number of aryl methyl sites for hydroxylation is 1. The van der Waals surface area contributed by atoms with Gasteiger partial charge in [0.15, 0.2) is 9.84 Å². The highest BCUT2D eigenvalue weighted by atomic mass is 32.2. The molecular formula is C9H9NO3S. The Kier molecular flexibility index (Phi) is 2.84. The predicted octanol–water partition coefficient (Wildman–Crippen LogP) is 1.37. The number of aliphatic imine (C=N–C) groups is 1. The summed E-state index contributed by atoms with van der Waals surface area (Å²) in [5.41, 5.74) is 1.07. The van der Waals surface area contributed by atoms with Crippen LogP contribution in [-0.2, 0) is 14.6 Å². The fourth-order valence-electron chi connectivity index (χ4n) is 0.989. The van der Waals surface area contributed by atoms with Gasteiger partial charge in [-0.2, -0.15) is 4.99 Å². The summed E-state index contributed by atoms with van der Waals surface area (Å²) >= 11 is 0. The molecule has 0 heterocycles. The van der Waals surface area contributed by atoms with Crippen LogP contribution < -0.4 is 0 Å². The van der Waals surface area contributed by atoms with Crippen molar-refractivity contribution in [1.82, 2.24) is 0 Å². The molecule has 0 aliphatic carbocycles. The van der Waals surface area contributed by atoms with Gasteiger partial charge in [-0.3, -0.25) is 0 Å². The van der Waals surface area contributed by atoms with Crippen molar-refractivity contribution in [1.29, 1.82) is 0 Å². The molecule has 0 bridgehead atoms. The maximum atomic E-state index is 11.2. The van der Waals surface area contributed by atoms with E-state index in [2.05, 4.69) is 4.99 Å². The van der Waals surface area contributed by atoms with Crippen molar-refractivity contribution in [3.05, 3.63) is 23.8 Å². The zero-order chi connectivity index (χ0) is 10.8. The Morgan fingerprint density at radius 3 is 2.50 bits per heavy atom. The third-order valence-corrected chi connectivity index (χ3v) is 2.89. The summed E-state index contributed by atoms with van der Waals surface area (Å²) in [5.74, 6) is 0. The first kappa shape index (κ1) is 10.6. The van der Waals surface area contributed by atoms with E-state index in [9.17, 15) is 13.2 Å². The van der Waals surface area contributed by atoms with Crippen molar-refractivity contribution in [3.63, 3.8) is 0 Å². The largest absolute Gasteiger partial charge is 0.240 e. The van der Waals surface area contributed by atoms with Crippen molar-refractivity contribution < 1.29 is 13.2 Å². The topological polar surface area (TPSA) is 63.6 Å². The Balaban J connectivity index is 3.41. The van der Waals surface area contributed by atoms with Crippen molar-refractivity contribution in [2.75, 3.05) is 6.26 Å². The van der Waals surface area contributed by atoms with Gasteiger partial charge in [-0.1, -0.05) is 6.07 Å². The van der Waals surface area contributed by atoms with Gasteiger partial charge in [-0.05, 0) is 24.6 Å². The summed E-state index contributed by atoms with van der Waals surface area (Å²) < 4.78 is 22.3. The lowest BCUT2D eigenvalue weighted by Gasteiger charge is -2.01. The normalized spacial score (nSPS) is 10.7. The molecule has 0 saturated heterocycles. The van der Waals surface area contributed by atoms with E-state index in [0.717, 1.165) is 11.8 Å². The molecule has 0 amide bonds. The monoisotopic (exact) mass is 211 g/mol. The molecule has 1 rings (SSSR count). The molecular weight excluding hydrogens is 202 g/mol. The highest BCUT2D eigenvalue weighted by molar-refractivity contribution is 7.90. The lowest BCUT2D eigenvalue weighted by atomic mass is 10.2. The molecule has 0 aliphatic heterocycles. The third kappa shape index (κ3) is 2.28. The molecule has 14 heavy (non-hydrogen) atoms. The zero-order valence-electron chi connectivity index (χ0n) is 7.81. The summed E-state index contributed by atoms with van der Waals surface area (Å²) in [5, 5.41) is 0. The number of benzene rings is 1. The molecule has 0 N–H and O–H groups in total. The fraction of sp³-hybridized carbons (Fsp3) is 0.222. The van der Waals surface area contributed by atoms with Crippen molar-refractivity contribution in [3.8, 4) is 0 Å². The second-order valence-electron chi connectivity index (χ2n) is 2.92. The highest BCUT2D eigenvalue weighted by Crippen LogP contribution is 2.22. The number of rotatable bonds is 2. The van der Waals surface area contributed by atoms with E-state index >= 15 is 0 Å². The maximum absolute atomic E-state index is 11.2. The summed E-state index contributed by atoms with van der Waals surface area (Å²) in [7, 11) is -3.25. The quantitative estimate of drug-likeness (QED) is 0.548. The van der Waals surface area contributed by atoms with E-state index < -0.39 is 9.84 Å². The van der Waals surface area contributed by atoms with Gasteiger partial charge in [-0.15, -0.1) is 0 Å². The number of nitrogens with zero attached hydrogens (tertiary/aromatic N) is 1. The molecule has 1 aromatic rings. The molecule has 0 unspecified atom stereocenters. The Labute approximate surface area is 82.2 Å². The van der Waals surface area contributed by atoms with Gasteiger partial charge < -0.3 is 0 Å². The van der Waals surface area contributed by atoms with Gasteiger partial charge >= 0.3 is 0 Å². The summed E-state index contributed by atoms with van der Waals surface area (Å²) in [6.07, 6.45) is 2.49. The van der Waals surface area contributed by atoms with Crippen molar-refractivity contribution in [2.45, 2.75) is 11.8 Å². The van der Waals surface area contributed by atoms with E-state index in [1.54, 1.807) is 13.0 Å². The smallest absolute Gasteiger partial charge is 0.224 e. The van der Waals surface area contributed by atoms with Crippen LogP contribution in [0.4, 0.5) is 5.69 Å². The van der Waals surface area contributed by atoms with E-state index in [-0.39, 0.29) is 4.90 Å². The standard InChI is InChI=1S/C9H9NO3S/c1-7-3-4-8(14(2,12)13)5-9(7)10-6-11/h3-5H,1-2H3. The molecule has 0 atom stereocenters. The Morgan fingerprint density at radius 1 is 1.36 bits per heavy atom. The molecule has 0 fully saturated rings. The summed E-state index contributed by atoms with van der Waals surface area (Å²) in [6, 6.07) is 4.44. The molecule has 0 saturated carbocycles. The minimum Gasteiger partial charge on any atom is -0.224 e. The lowest BCUT2D eigenvalue weighted by Crippen LogP contribution is -1.96. The van der Waals surface area contributed by atoms with Gasteiger partial charge in [-0.25, -0.2) is 13.2 Å². The first-order chi connectivity index (χ1) is 6.45. The van der Waals surface area contributed by atoms with Crippen LogP contribution in [0, 0.1) is 6.92 Å². The van der Waals surface area contributed by atoms with Crippen LogP contribution in [0.5, 0.6) is 0 Å². The molecule has 1 aromatic carbocycles. The molecule has 74 valence electrons. The Hall–Kier alpha value is -1.45. The molecule has 0 aliphatic rings. The van der Waals surface area contributed by atoms with Gasteiger partial charge in [0.25, 0.3) is 0 Å². The maximum Gasteiger partial charge on any atom is 0.240 e. The Morgan fingerprint density at radius 2 is 2.00 bits per heavy atom. The predicted molar refractivity (Wildman–Crippen MR) is 52.1 cm³/mol. The highest BCUT2D eigenvalue weighted by Gasteiger charge is 2.08. The second kappa shape index (κ2) is 3.74. The number of isocyanates is 1. The summed E-state index contributed by atoms with van der Waals surface area (Å²) in [4.78, 5) is 13.6. The van der Waals surface area contributed by atoms with E-state index in [4.69, 9.17) is 0 Å². The lowest BCUT2D eigenvalue weighted by molar-refractivity contribution is 0.565. The first-order valence-electron chi connectivity index (χ1n) is 3.84. The number of hydrogen-bond donors (Lipinski definition) is 0. The minimum atomic E-state index is -3.25. The molecule has 0 radical (unpaired) electrons. The summed E-state index contributed by atoms with van der Waals surface area (Å²) in [6.45, 7) is 1.74. The fourth-order valence-corrected chi connectivity index (χ4v) is 1.63. The van der Waals surface area contributed by atoms with Crippen LogP contribution in [0.25, 0.3) is 0 Å². The minimum absolute atomic E-state index is 0.150. The van der Waals surface area contributed by atoms with Crippen LogP contribution in [0.15, 0.2) is 28.1 Å². The number of carbonyl (C=O) groups excluding carboxylic acids is 1. The Bertz CT molecular complexity index is 499. The molecule has 0 aromatic heterocycles. The number of sulfone groups is 1. The molecule has 5 heteroatoms. The van der Waals surface area contributed by atoms with E-state index in [1.807, 2.05) is 0 Å². The SMILES string of the molecule is Cc1ccc(S(C)(=O)=O)cc1N=C=O. The van der Waals surface area contributed by atoms with Crippen LogP contribution in [0.1, 0.15) is 5.56 Å². The van der Waals surface area contributed by atoms with Crippen molar-refractivity contribution >= 4 is 21.6 Å².